The number of halogens is 1. The molecule has 2 aromatic rings. The van der Waals surface area contributed by atoms with Crippen LogP contribution in [0, 0.1) is 19.7 Å². The highest BCUT2D eigenvalue weighted by Crippen LogP contribution is 2.22. The van der Waals surface area contributed by atoms with Crippen LogP contribution in [0.5, 0.6) is 0 Å². The summed E-state index contributed by atoms with van der Waals surface area (Å²) in [5.41, 5.74) is 8.13. The molecule has 0 aliphatic heterocycles. The van der Waals surface area contributed by atoms with Gasteiger partial charge >= 0.3 is 0 Å². The van der Waals surface area contributed by atoms with Gasteiger partial charge in [-0.3, -0.25) is 4.72 Å². The second-order valence-corrected chi connectivity index (χ2v) is 6.54. The Kier molecular flexibility index (Phi) is 4.29. The fraction of sp³-hybridized carbons (Fsp3) is 0.200. The Balaban J connectivity index is 2.38. The lowest BCUT2D eigenvalue weighted by Gasteiger charge is -2.12. The zero-order valence-corrected chi connectivity index (χ0v) is 12.7. The number of hydrogen-bond donors (Lipinski definition) is 2. The van der Waals surface area contributed by atoms with Gasteiger partial charge in [0, 0.05) is 6.54 Å². The molecule has 0 saturated carbocycles. The van der Waals surface area contributed by atoms with Crippen LogP contribution in [-0.4, -0.2) is 8.42 Å². The normalized spacial score (nSPS) is 11.4. The van der Waals surface area contributed by atoms with Crippen molar-refractivity contribution >= 4 is 15.7 Å². The third-order valence-electron chi connectivity index (χ3n) is 3.29. The number of benzene rings is 2. The Bertz CT molecular complexity index is 773. The van der Waals surface area contributed by atoms with Crippen molar-refractivity contribution in [2.75, 3.05) is 4.72 Å². The van der Waals surface area contributed by atoms with Gasteiger partial charge in [0.25, 0.3) is 10.0 Å². The second-order valence-electron chi connectivity index (χ2n) is 4.86. The van der Waals surface area contributed by atoms with Crippen molar-refractivity contribution in [3.05, 3.63) is 58.9 Å². The highest BCUT2D eigenvalue weighted by Gasteiger charge is 2.16. The molecule has 2 rings (SSSR count). The molecule has 0 saturated heterocycles. The SMILES string of the molecule is Cc1cc(S(=O)(=O)Nc2cc(F)ccc2C)ccc1CN. The maximum atomic E-state index is 13.2. The molecule has 0 radical (unpaired) electrons. The van der Waals surface area contributed by atoms with Crippen molar-refractivity contribution < 1.29 is 12.8 Å². The molecule has 0 amide bonds. The predicted molar refractivity (Wildman–Crippen MR) is 81.0 cm³/mol. The molecule has 0 aliphatic carbocycles. The summed E-state index contributed by atoms with van der Waals surface area (Å²) < 4.78 is 40.4. The molecule has 4 nitrogen and oxygen atoms in total. The van der Waals surface area contributed by atoms with Crippen LogP contribution in [0.15, 0.2) is 41.3 Å². The van der Waals surface area contributed by atoms with Crippen LogP contribution in [0.1, 0.15) is 16.7 Å². The van der Waals surface area contributed by atoms with Crippen LogP contribution < -0.4 is 10.5 Å². The smallest absolute Gasteiger partial charge is 0.261 e. The van der Waals surface area contributed by atoms with E-state index in [1.165, 1.54) is 18.2 Å². The Morgan fingerprint density at radius 3 is 2.43 bits per heavy atom. The van der Waals surface area contributed by atoms with Gasteiger partial charge in [0.15, 0.2) is 0 Å². The average molecular weight is 308 g/mol. The molecule has 0 fully saturated rings. The minimum atomic E-state index is -3.76. The van der Waals surface area contributed by atoms with Crippen LogP contribution >= 0.6 is 0 Å². The van der Waals surface area contributed by atoms with Crippen molar-refractivity contribution in [2.24, 2.45) is 5.73 Å². The molecule has 0 aliphatic rings. The molecule has 0 unspecified atom stereocenters. The van der Waals surface area contributed by atoms with E-state index in [0.717, 1.165) is 17.2 Å². The number of nitrogens with one attached hydrogen (secondary N) is 1. The number of hydrogen-bond acceptors (Lipinski definition) is 3. The zero-order chi connectivity index (χ0) is 15.6. The van der Waals surface area contributed by atoms with Gasteiger partial charge in [-0.2, -0.15) is 0 Å². The molecule has 0 spiro atoms. The molecule has 0 atom stereocenters. The predicted octanol–water partition coefficient (Wildman–Crippen LogP) is 2.70. The molecule has 3 N–H and O–H groups in total. The summed E-state index contributed by atoms with van der Waals surface area (Å²) >= 11 is 0. The van der Waals surface area contributed by atoms with Gasteiger partial charge in [-0.05, 0) is 54.8 Å². The number of anilines is 1. The zero-order valence-electron chi connectivity index (χ0n) is 11.9. The maximum Gasteiger partial charge on any atom is 0.261 e. The first-order valence-electron chi connectivity index (χ1n) is 6.42. The van der Waals surface area contributed by atoms with Crippen LogP contribution in [0.2, 0.25) is 0 Å². The third-order valence-corrected chi connectivity index (χ3v) is 4.65. The lowest BCUT2D eigenvalue weighted by molar-refractivity contribution is 0.601. The van der Waals surface area contributed by atoms with Gasteiger partial charge < -0.3 is 5.73 Å². The summed E-state index contributed by atoms with van der Waals surface area (Å²) in [6.07, 6.45) is 0. The van der Waals surface area contributed by atoms with Crippen molar-refractivity contribution in [2.45, 2.75) is 25.3 Å². The molecule has 0 bridgehead atoms. The summed E-state index contributed by atoms with van der Waals surface area (Å²) in [6.45, 7) is 3.86. The van der Waals surface area contributed by atoms with E-state index in [9.17, 15) is 12.8 Å². The standard InChI is InChI=1S/C15H17FN2O2S/c1-10-3-5-13(16)8-15(10)18-21(19,20)14-6-4-12(9-17)11(2)7-14/h3-8,18H,9,17H2,1-2H3. The summed E-state index contributed by atoms with van der Waals surface area (Å²) in [6, 6.07) is 8.70. The minimum absolute atomic E-state index is 0.126. The number of rotatable bonds is 4. The molecule has 0 heterocycles. The van der Waals surface area contributed by atoms with Gasteiger partial charge in [-0.15, -0.1) is 0 Å². The third kappa shape index (κ3) is 3.40. The summed E-state index contributed by atoms with van der Waals surface area (Å²) in [4.78, 5) is 0.126. The molecule has 6 heteroatoms. The fourth-order valence-electron chi connectivity index (χ4n) is 1.97. The van der Waals surface area contributed by atoms with Gasteiger partial charge in [-0.25, -0.2) is 12.8 Å². The van der Waals surface area contributed by atoms with E-state index >= 15 is 0 Å². The monoisotopic (exact) mass is 308 g/mol. The summed E-state index contributed by atoms with van der Waals surface area (Å²) in [7, 11) is -3.76. The lowest BCUT2D eigenvalue weighted by Crippen LogP contribution is -2.14. The fourth-order valence-corrected chi connectivity index (χ4v) is 3.18. The van der Waals surface area contributed by atoms with E-state index in [2.05, 4.69) is 4.72 Å². The second kappa shape index (κ2) is 5.83. The van der Waals surface area contributed by atoms with E-state index in [1.54, 1.807) is 26.0 Å². The van der Waals surface area contributed by atoms with Gasteiger partial charge in [0.1, 0.15) is 5.82 Å². The van der Waals surface area contributed by atoms with Crippen LogP contribution in [0.4, 0.5) is 10.1 Å². The number of sulfonamides is 1. The van der Waals surface area contributed by atoms with Gasteiger partial charge in [0.2, 0.25) is 0 Å². The molecule has 2 aromatic carbocycles. The molecule has 21 heavy (non-hydrogen) atoms. The van der Waals surface area contributed by atoms with Crippen molar-refractivity contribution in [3.63, 3.8) is 0 Å². The summed E-state index contributed by atoms with van der Waals surface area (Å²) in [5, 5.41) is 0. The minimum Gasteiger partial charge on any atom is -0.326 e. The van der Waals surface area contributed by atoms with Crippen LogP contribution in [0.25, 0.3) is 0 Å². The van der Waals surface area contributed by atoms with Crippen molar-refractivity contribution in [1.82, 2.24) is 0 Å². The van der Waals surface area contributed by atoms with Gasteiger partial charge in [-0.1, -0.05) is 12.1 Å². The van der Waals surface area contributed by atoms with E-state index in [0.29, 0.717) is 12.1 Å². The lowest BCUT2D eigenvalue weighted by atomic mass is 10.1. The van der Waals surface area contributed by atoms with Gasteiger partial charge in [0.05, 0.1) is 10.6 Å². The van der Waals surface area contributed by atoms with Crippen LogP contribution in [-0.2, 0) is 16.6 Å². The Morgan fingerprint density at radius 2 is 1.81 bits per heavy atom. The Hall–Kier alpha value is -1.92. The topological polar surface area (TPSA) is 72.2 Å². The highest BCUT2D eigenvalue weighted by atomic mass is 32.2. The molecular weight excluding hydrogens is 291 g/mol. The first-order chi connectivity index (χ1) is 9.83. The average Bonchev–Trinajstić information content (AvgIpc) is 2.42. The molecular formula is C15H17FN2O2S. The summed E-state index contributed by atoms with van der Waals surface area (Å²) in [5.74, 6) is -0.493. The van der Waals surface area contributed by atoms with E-state index in [-0.39, 0.29) is 10.6 Å². The van der Waals surface area contributed by atoms with E-state index in [4.69, 9.17) is 5.73 Å². The first kappa shape index (κ1) is 15.5. The highest BCUT2D eigenvalue weighted by molar-refractivity contribution is 7.92. The largest absolute Gasteiger partial charge is 0.326 e. The molecule has 0 aromatic heterocycles. The molecule has 112 valence electrons. The maximum absolute atomic E-state index is 13.2. The quantitative estimate of drug-likeness (QED) is 0.912. The number of nitrogens with two attached hydrogens (primary N) is 1. The first-order valence-corrected chi connectivity index (χ1v) is 7.90. The Morgan fingerprint density at radius 1 is 1.10 bits per heavy atom. The van der Waals surface area contributed by atoms with E-state index in [1.807, 2.05) is 0 Å². The van der Waals surface area contributed by atoms with Crippen LogP contribution in [0.3, 0.4) is 0 Å². The van der Waals surface area contributed by atoms with Crippen molar-refractivity contribution in [3.8, 4) is 0 Å². The number of aryl methyl sites for hydroxylation is 2. The Labute approximate surface area is 123 Å². The van der Waals surface area contributed by atoms with Crippen molar-refractivity contribution in [1.29, 1.82) is 0 Å². The van der Waals surface area contributed by atoms with E-state index < -0.39 is 15.8 Å².